The zero-order valence-corrected chi connectivity index (χ0v) is 7.74. The van der Waals surface area contributed by atoms with Crippen LogP contribution in [0.4, 0.5) is 0 Å². The summed E-state index contributed by atoms with van der Waals surface area (Å²) in [5, 5.41) is 4.19. The molecule has 4 heteroatoms. The molecule has 12 heavy (non-hydrogen) atoms. The molecule has 0 atom stereocenters. The second kappa shape index (κ2) is 3.25. The second-order valence-electron chi connectivity index (χ2n) is 3.77. The summed E-state index contributed by atoms with van der Waals surface area (Å²) in [5.41, 5.74) is 1.01. The molecule has 1 aromatic heterocycles. The van der Waals surface area contributed by atoms with Crippen LogP contribution in [0.5, 0.6) is 0 Å². The molecule has 0 amide bonds. The van der Waals surface area contributed by atoms with Gasteiger partial charge in [0.1, 0.15) is 0 Å². The van der Waals surface area contributed by atoms with E-state index < -0.39 is 0 Å². The van der Waals surface area contributed by atoms with E-state index in [-0.39, 0.29) is 5.54 Å². The van der Waals surface area contributed by atoms with Crippen LogP contribution >= 0.6 is 0 Å². The molecule has 1 heterocycles. The van der Waals surface area contributed by atoms with E-state index in [9.17, 15) is 0 Å². The Labute approximate surface area is 72.3 Å². The summed E-state index contributed by atoms with van der Waals surface area (Å²) >= 11 is 0. The lowest BCUT2D eigenvalue weighted by atomic mass is 10.1. The molecule has 0 radical (unpaired) electrons. The summed E-state index contributed by atoms with van der Waals surface area (Å²) in [6.45, 7) is 6.68. The van der Waals surface area contributed by atoms with Crippen LogP contribution in [0, 0.1) is 0 Å². The Morgan fingerprint density at radius 2 is 2.25 bits per heavy atom. The lowest BCUT2D eigenvalue weighted by molar-refractivity contribution is 0.124. The van der Waals surface area contributed by atoms with Crippen molar-refractivity contribution in [1.82, 2.24) is 9.78 Å². The first-order valence-electron chi connectivity index (χ1n) is 3.90. The van der Waals surface area contributed by atoms with E-state index in [0.717, 1.165) is 5.56 Å². The Morgan fingerprint density at radius 3 is 2.67 bits per heavy atom. The zero-order valence-electron chi connectivity index (χ0n) is 7.74. The molecule has 0 saturated heterocycles. The maximum atomic E-state index is 4.94. The highest BCUT2D eigenvalue weighted by Gasteiger charge is 2.13. The van der Waals surface area contributed by atoms with Crippen molar-refractivity contribution in [3.8, 4) is 0 Å². The fourth-order valence-corrected chi connectivity index (χ4v) is 0.898. The molecule has 4 nitrogen and oxygen atoms in total. The Bertz CT molecular complexity index is 249. The van der Waals surface area contributed by atoms with E-state index in [4.69, 9.17) is 5.90 Å². The smallest absolute Gasteiger partial charge is 0.0960 e. The lowest BCUT2D eigenvalue weighted by Crippen LogP contribution is -2.21. The largest absolute Gasteiger partial charge is 0.300 e. The highest BCUT2D eigenvalue weighted by Crippen LogP contribution is 2.13. The molecule has 1 rings (SSSR count). The van der Waals surface area contributed by atoms with Gasteiger partial charge in [-0.1, -0.05) is 0 Å². The predicted molar refractivity (Wildman–Crippen MR) is 46.2 cm³/mol. The summed E-state index contributed by atoms with van der Waals surface area (Å²) < 4.78 is 1.89. The molecule has 0 fully saturated rings. The van der Waals surface area contributed by atoms with Gasteiger partial charge in [0.25, 0.3) is 0 Å². The Morgan fingerprint density at radius 1 is 1.58 bits per heavy atom. The Balaban J connectivity index is 2.77. The maximum absolute atomic E-state index is 4.94. The van der Waals surface area contributed by atoms with Crippen molar-refractivity contribution in [3.05, 3.63) is 18.0 Å². The molecule has 0 aliphatic carbocycles. The molecular formula is C8H15N3O. The zero-order chi connectivity index (χ0) is 9.19. The normalized spacial score (nSPS) is 12.0. The molecule has 0 saturated carbocycles. The maximum Gasteiger partial charge on any atom is 0.0960 e. The van der Waals surface area contributed by atoms with Crippen LogP contribution in [-0.4, -0.2) is 9.78 Å². The molecule has 0 aromatic carbocycles. The molecular weight excluding hydrogens is 154 g/mol. The Kier molecular flexibility index (Phi) is 2.49. The van der Waals surface area contributed by atoms with Gasteiger partial charge in [-0.05, 0) is 20.8 Å². The van der Waals surface area contributed by atoms with Crippen molar-refractivity contribution in [2.45, 2.75) is 32.9 Å². The van der Waals surface area contributed by atoms with Crippen molar-refractivity contribution in [3.63, 3.8) is 0 Å². The topological polar surface area (TPSA) is 53.1 Å². The second-order valence-corrected chi connectivity index (χ2v) is 3.77. The monoisotopic (exact) mass is 169 g/mol. The van der Waals surface area contributed by atoms with Gasteiger partial charge in [0.15, 0.2) is 0 Å². The summed E-state index contributed by atoms with van der Waals surface area (Å²) in [5.74, 6) is 4.94. The number of rotatable bonds is 2. The van der Waals surface area contributed by atoms with E-state index in [1.165, 1.54) is 0 Å². The summed E-state index contributed by atoms with van der Waals surface area (Å²) in [4.78, 5) is 4.50. The van der Waals surface area contributed by atoms with Crippen LogP contribution in [0.25, 0.3) is 0 Å². The van der Waals surface area contributed by atoms with Gasteiger partial charge in [0.2, 0.25) is 0 Å². The summed E-state index contributed by atoms with van der Waals surface area (Å²) in [7, 11) is 0. The van der Waals surface area contributed by atoms with Gasteiger partial charge < -0.3 is 0 Å². The van der Waals surface area contributed by atoms with Crippen LogP contribution in [0.2, 0.25) is 0 Å². The average Bonchev–Trinajstić information content (AvgIpc) is 2.35. The number of nitrogens with zero attached hydrogens (tertiary/aromatic N) is 2. The van der Waals surface area contributed by atoms with E-state index in [2.05, 4.69) is 30.7 Å². The quantitative estimate of drug-likeness (QED) is 0.673. The first kappa shape index (κ1) is 9.22. The fourth-order valence-electron chi connectivity index (χ4n) is 0.898. The fraction of sp³-hybridized carbons (Fsp3) is 0.625. The van der Waals surface area contributed by atoms with Crippen LogP contribution in [-0.2, 0) is 17.0 Å². The minimum atomic E-state index is 0.0207. The molecule has 68 valence electrons. The van der Waals surface area contributed by atoms with Gasteiger partial charge in [-0.2, -0.15) is 5.10 Å². The molecule has 2 N–H and O–H groups in total. The van der Waals surface area contributed by atoms with Gasteiger partial charge in [0, 0.05) is 11.8 Å². The summed E-state index contributed by atoms with van der Waals surface area (Å²) in [6.07, 6.45) is 3.70. The minimum absolute atomic E-state index is 0.0207. The SMILES string of the molecule is CC(C)(C)n1cc(CON)cn1. The minimum Gasteiger partial charge on any atom is -0.300 e. The van der Waals surface area contributed by atoms with E-state index in [1.54, 1.807) is 6.20 Å². The van der Waals surface area contributed by atoms with Crippen molar-refractivity contribution in [2.75, 3.05) is 0 Å². The van der Waals surface area contributed by atoms with Gasteiger partial charge in [-0.3, -0.25) is 9.52 Å². The number of aromatic nitrogens is 2. The molecule has 1 aromatic rings. The van der Waals surface area contributed by atoms with Crippen LogP contribution < -0.4 is 5.90 Å². The lowest BCUT2D eigenvalue weighted by Gasteiger charge is -2.18. The molecule has 0 aliphatic heterocycles. The van der Waals surface area contributed by atoms with E-state index in [0.29, 0.717) is 6.61 Å². The highest BCUT2D eigenvalue weighted by molar-refractivity contribution is 5.03. The van der Waals surface area contributed by atoms with Gasteiger partial charge in [-0.25, -0.2) is 5.90 Å². The van der Waals surface area contributed by atoms with Crippen molar-refractivity contribution in [2.24, 2.45) is 5.90 Å². The third-order valence-corrected chi connectivity index (χ3v) is 1.57. The van der Waals surface area contributed by atoms with Crippen LogP contribution in [0.15, 0.2) is 12.4 Å². The summed E-state index contributed by atoms with van der Waals surface area (Å²) in [6, 6.07) is 0. The van der Waals surface area contributed by atoms with Crippen molar-refractivity contribution in [1.29, 1.82) is 0 Å². The molecule has 0 spiro atoms. The predicted octanol–water partition coefficient (Wildman–Crippen LogP) is 1.03. The standard InChI is InChI=1S/C8H15N3O/c1-8(2,3)11-5-7(4-10-11)6-12-9/h4-5H,6,9H2,1-3H3. The van der Waals surface area contributed by atoms with Gasteiger partial charge >= 0.3 is 0 Å². The third-order valence-electron chi connectivity index (χ3n) is 1.57. The number of hydrogen-bond donors (Lipinski definition) is 1. The average molecular weight is 169 g/mol. The van der Waals surface area contributed by atoms with Gasteiger partial charge in [-0.15, -0.1) is 0 Å². The van der Waals surface area contributed by atoms with E-state index in [1.807, 2.05) is 10.9 Å². The van der Waals surface area contributed by atoms with Crippen molar-refractivity contribution < 1.29 is 4.84 Å². The van der Waals surface area contributed by atoms with Gasteiger partial charge in [0.05, 0.1) is 18.3 Å². The molecule has 0 bridgehead atoms. The number of nitrogens with two attached hydrogens (primary N) is 1. The Hall–Kier alpha value is -0.870. The first-order chi connectivity index (χ1) is 5.54. The molecule has 0 aliphatic rings. The van der Waals surface area contributed by atoms with Crippen molar-refractivity contribution >= 4 is 0 Å². The van der Waals surface area contributed by atoms with E-state index >= 15 is 0 Å². The first-order valence-corrected chi connectivity index (χ1v) is 3.90. The van der Waals surface area contributed by atoms with Crippen LogP contribution in [0.1, 0.15) is 26.3 Å². The third kappa shape index (κ3) is 2.06. The number of hydrogen-bond acceptors (Lipinski definition) is 3. The van der Waals surface area contributed by atoms with Crippen LogP contribution in [0.3, 0.4) is 0 Å². The molecule has 0 unspecified atom stereocenters. The highest BCUT2D eigenvalue weighted by atomic mass is 16.6.